The van der Waals surface area contributed by atoms with Gasteiger partial charge in [-0.15, -0.1) is 0 Å². The molecule has 4 nitrogen and oxygen atoms in total. The van der Waals surface area contributed by atoms with Crippen LogP contribution in [-0.4, -0.2) is 34.8 Å². The molecule has 1 aliphatic rings. The molecule has 0 radical (unpaired) electrons. The van der Waals surface area contributed by atoms with Crippen molar-refractivity contribution in [2.75, 3.05) is 19.7 Å². The predicted molar refractivity (Wildman–Crippen MR) is 49.1 cm³/mol. The van der Waals surface area contributed by atoms with Gasteiger partial charge in [0, 0.05) is 0 Å². The lowest BCUT2D eigenvalue weighted by molar-refractivity contribution is -0.139. The Morgan fingerprint density at radius 1 is 1.82 bits per heavy atom. The molecule has 1 saturated heterocycles. The summed E-state index contributed by atoms with van der Waals surface area (Å²) in [7, 11) is 0. The van der Waals surface area contributed by atoms with Crippen molar-refractivity contribution in [3.8, 4) is 0 Å². The molecule has 0 aliphatic carbocycles. The Morgan fingerprint density at radius 2 is 2.55 bits per heavy atom. The summed E-state index contributed by atoms with van der Waals surface area (Å²) >= 11 is 2.00. The quantitative estimate of drug-likeness (QED) is 0.563. The first-order valence-corrected chi connectivity index (χ1v) is 4.48. The molecule has 1 aliphatic heterocycles. The summed E-state index contributed by atoms with van der Waals surface area (Å²) in [6, 6.07) is 0. The molecular formula is C6H11IN2O2. The van der Waals surface area contributed by atoms with Gasteiger partial charge in [0.2, 0.25) is 0 Å². The van der Waals surface area contributed by atoms with Gasteiger partial charge in [0.25, 0.3) is 5.91 Å². The average Bonchev–Trinajstić information content (AvgIpc) is 1.98. The molecule has 1 heterocycles. The molecule has 0 saturated carbocycles. The highest BCUT2D eigenvalue weighted by atomic mass is 127. The van der Waals surface area contributed by atoms with Gasteiger partial charge in [0.05, 0.1) is 35.5 Å². The van der Waals surface area contributed by atoms with Crippen LogP contribution in [0.4, 0.5) is 0 Å². The maximum Gasteiger partial charge on any atom is 0.257 e. The zero-order chi connectivity index (χ0) is 8.27. The Balaban J connectivity index is 2.33. The van der Waals surface area contributed by atoms with Crippen molar-refractivity contribution in [3.63, 3.8) is 0 Å². The number of morpholine rings is 1. The fraction of sp³-hybridized carbons (Fsp3) is 0.833. The molecule has 11 heavy (non-hydrogen) atoms. The summed E-state index contributed by atoms with van der Waals surface area (Å²) in [6.07, 6.45) is 0.960. The highest BCUT2D eigenvalue weighted by Gasteiger charge is 2.23. The molecule has 0 unspecified atom stereocenters. The Hall–Kier alpha value is 0.120. The first-order chi connectivity index (χ1) is 5.24. The SMILES string of the molecule is NCC[C@H]1CN(I)C(=O)CO1. The lowest BCUT2D eigenvalue weighted by atomic mass is 10.2. The molecule has 1 atom stereocenters. The summed E-state index contributed by atoms with van der Waals surface area (Å²) < 4.78 is 6.88. The molecule has 0 spiro atoms. The number of amides is 1. The third kappa shape index (κ3) is 2.57. The largest absolute Gasteiger partial charge is 0.366 e. The Bertz CT molecular complexity index is 154. The molecule has 1 amide bonds. The fourth-order valence-electron chi connectivity index (χ4n) is 0.953. The first kappa shape index (κ1) is 9.21. The molecule has 0 aromatic rings. The van der Waals surface area contributed by atoms with Crippen molar-refractivity contribution in [1.82, 2.24) is 3.11 Å². The van der Waals surface area contributed by atoms with E-state index >= 15 is 0 Å². The highest BCUT2D eigenvalue weighted by molar-refractivity contribution is 14.1. The van der Waals surface area contributed by atoms with Crippen LogP contribution < -0.4 is 5.73 Å². The summed E-state index contributed by atoms with van der Waals surface area (Å²) in [6.45, 7) is 1.48. The van der Waals surface area contributed by atoms with E-state index in [0.29, 0.717) is 13.1 Å². The van der Waals surface area contributed by atoms with E-state index in [1.165, 1.54) is 0 Å². The van der Waals surface area contributed by atoms with Gasteiger partial charge in [-0.2, -0.15) is 0 Å². The second kappa shape index (κ2) is 4.22. The number of hydrogen-bond acceptors (Lipinski definition) is 3. The van der Waals surface area contributed by atoms with Gasteiger partial charge in [-0.3, -0.25) is 7.91 Å². The number of hydrogen-bond donors (Lipinski definition) is 1. The smallest absolute Gasteiger partial charge is 0.257 e. The van der Waals surface area contributed by atoms with Crippen molar-refractivity contribution < 1.29 is 9.53 Å². The number of nitrogens with zero attached hydrogens (tertiary/aromatic N) is 1. The second-order valence-electron chi connectivity index (χ2n) is 2.45. The number of carbonyl (C=O) groups is 1. The summed E-state index contributed by atoms with van der Waals surface area (Å²) in [5, 5.41) is 0. The molecular weight excluding hydrogens is 259 g/mol. The molecule has 1 fully saturated rings. The topological polar surface area (TPSA) is 55.6 Å². The van der Waals surface area contributed by atoms with Crippen molar-refractivity contribution >= 4 is 28.8 Å². The lowest BCUT2D eigenvalue weighted by Gasteiger charge is -2.27. The van der Waals surface area contributed by atoms with E-state index < -0.39 is 0 Å². The van der Waals surface area contributed by atoms with Crippen LogP contribution in [0.1, 0.15) is 6.42 Å². The number of halogens is 1. The normalized spacial score (nSPS) is 25.8. The number of nitrogens with two attached hydrogens (primary N) is 1. The third-order valence-corrected chi connectivity index (χ3v) is 2.50. The first-order valence-electron chi connectivity index (χ1n) is 3.52. The van der Waals surface area contributed by atoms with Crippen LogP contribution in [0.3, 0.4) is 0 Å². The van der Waals surface area contributed by atoms with Gasteiger partial charge < -0.3 is 10.5 Å². The zero-order valence-electron chi connectivity index (χ0n) is 6.12. The third-order valence-electron chi connectivity index (χ3n) is 1.57. The van der Waals surface area contributed by atoms with Crippen LogP contribution >= 0.6 is 22.9 Å². The number of rotatable bonds is 2. The predicted octanol–water partition coefficient (Wildman–Crippen LogP) is -0.0874. The van der Waals surface area contributed by atoms with E-state index in [9.17, 15) is 4.79 Å². The summed E-state index contributed by atoms with van der Waals surface area (Å²) in [5.41, 5.74) is 5.35. The average molecular weight is 270 g/mol. The molecule has 2 N–H and O–H groups in total. The Kier molecular flexibility index (Phi) is 3.53. The van der Waals surface area contributed by atoms with Crippen LogP contribution in [-0.2, 0) is 9.53 Å². The van der Waals surface area contributed by atoms with Crippen molar-refractivity contribution in [3.05, 3.63) is 0 Å². The molecule has 64 valence electrons. The minimum atomic E-state index is 0.0406. The minimum absolute atomic E-state index is 0.0406. The van der Waals surface area contributed by atoms with Gasteiger partial charge in [-0.25, -0.2) is 0 Å². The molecule has 0 aromatic carbocycles. The standard InChI is InChI=1S/C6H11IN2O2/c7-9-3-5(1-2-8)11-4-6(9)10/h5H,1-4,8H2/t5-/m0/s1. The van der Waals surface area contributed by atoms with Crippen LogP contribution in [0.2, 0.25) is 0 Å². The van der Waals surface area contributed by atoms with Gasteiger partial charge in [-0.05, 0) is 13.0 Å². The fourth-order valence-corrected chi connectivity index (χ4v) is 1.53. The summed E-state index contributed by atoms with van der Waals surface area (Å²) in [4.78, 5) is 10.9. The van der Waals surface area contributed by atoms with Crippen LogP contribution in [0.15, 0.2) is 0 Å². The second-order valence-corrected chi connectivity index (χ2v) is 3.61. The molecule has 0 bridgehead atoms. The van der Waals surface area contributed by atoms with E-state index in [1.54, 1.807) is 3.11 Å². The van der Waals surface area contributed by atoms with Crippen LogP contribution in [0, 0.1) is 0 Å². The number of carbonyl (C=O) groups excluding carboxylic acids is 1. The molecule has 1 rings (SSSR count). The highest BCUT2D eigenvalue weighted by Crippen LogP contribution is 2.12. The van der Waals surface area contributed by atoms with Gasteiger partial charge >= 0.3 is 0 Å². The Labute approximate surface area is 79.6 Å². The van der Waals surface area contributed by atoms with Crippen molar-refractivity contribution in [2.45, 2.75) is 12.5 Å². The minimum Gasteiger partial charge on any atom is -0.366 e. The Morgan fingerprint density at radius 3 is 3.09 bits per heavy atom. The molecule has 0 aromatic heterocycles. The van der Waals surface area contributed by atoms with E-state index in [2.05, 4.69) is 0 Å². The van der Waals surface area contributed by atoms with E-state index in [1.807, 2.05) is 22.9 Å². The van der Waals surface area contributed by atoms with Gasteiger partial charge in [0.15, 0.2) is 0 Å². The lowest BCUT2D eigenvalue weighted by Crippen LogP contribution is -2.41. The number of ether oxygens (including phenoxy) is 1. The van der Waals surface area contributed by atoms with Gasteiger partial charge in [0.1, 0.15) is 6.61 Å². The van der Waals surface area contributed by atoms with Crippen LogP contribution in [0.5, 0.6) is 0 Å². The van der Waals surface area contributed by atoms with Crippen molar-refractivity contribution in [1.29, 1.82) is 0 Å². The van der Waals surface area contributed by atoms with E-state index in [4.69, 9.17) is 10.5 Å². The maximum absolute atomic E-state index is 10.9. The van der Waals surface area contributed by atoms with E-state index in [-0.39, 0.29) is 18.6 Å². The molecule has 5 heteroatoms. The van der Waals surface area contributed by atoms with Gasteiger partial charge in [-0.1, -0.05) is 0 Å². The van der Waals surface area contributed by atoms with Crippen molar-refractivity contribution in [2.24, 2.45) is 5.73 Å². The summed E-state index contributed by atoms with van der Waals surface area (Å²) in [5.74, 6) is 0.0406. The van der Waals surface area contributed by atoms with Crippen LogP contribution in [0.25, 0.3) is 0 Å². The maximum atomic E-state index is 10.9. The zero-order valence-corrected chi connectivity index (χ0v) is 8.28. The monoisotopic (exact) mass is 270 g/mol. The van der Waals surface area contributed by atoms with E-state index in [0.717, 1.165) is 6.42 Å².